The standard InChI is InChI=1S/C27H21N5O5/c1-2-31-22-21(24(34)30-27(31)37)19(13-20(29-22)14-10-11-14)23(33)28-15-6-5-7-16(12-15)32-25(35)17-8-3-4-9-18(17)26(32)36/h3-9,12-14H,2,10-11H2,1H3,(H,28,33)(H,30,34,37). The SMILES string of the molecule is CCn1c(=O)[nH]c(=O)c2c(C(=O)Nc3cccc(N4C(=O)c5ccccc5C4=O)c3)cc(C3CC3)nc21. The van der Waals surface area contributed by atoms with Gasteiger partial charge in [0.05, 0.1) is 27.8 Å². The van der Waals surface area contributed by atoms with Crippen LogP contribution in [0, 0.1) is 0 Å². The maximum absolute atomic E-state index is 13.5. The van der Waals surface area contributed by atoms with Gasteiger partial charge in [-0.2, -0.15) is 0 Å². The summed E-state index contributed by atoms with van der Waals surface area (Å²) in [4.78, 5) is 72.3. The molecule has 2 aliphatic rings. The lowest BCUT2D eigenvalue weighted by atomic mass is 10.1. The fourth-order valence-electron chi connectivity index (χ4n) is 4.70. The highest BCUT2D eigenvalue weighted by Crippen LogP contribution is 2.40. The average molecular weight is 495 g/mol. The van der Waals surface area contributed by atoms with E-state index >= 15 is 0 Å². The smallest absolute Gasteiger partial charge is 0.322 e. The Kier molecular flexibility index (Phi) is 5.11. The number of aromatic amines is 1. The number of H-pyrrole nitrogens is 1. The summed E-state index contributed by atoms with van der Waals surface area (Å²) in [5.41, 5.74) is 0.928. The third kappa shape index (κ3) is 3.65. The Morgan fingerprint density at radius 1 is 1.00 bits per heavy atom. The van der Waals surface area contributed by atoms with Gasteiger partial charge in [-0.1, -0.05) is 18.2 Å². The highest BCUT2D eigenvalue weighted by Gasteiger charge is 2.36. The van der Waals surface area contributed by atoms with Crippen LogP contribution in [-0.2, 0) is 6.54 Å². The molecule has 184 valence electrons. The molecule has 3 amide bonds. The van der Waals surface area contributed by atoms with Gasteiger partial charge in [-0.25, -0.2) is 14.7 Å². The molecule has 1 saturated carbocycles. The number of carbonyl (C=O) groups excluding carboxylic acids is 3. The second-order valence-corrected chi connectivity index (χ2v) is 9.07. The summed E-state index contributed by atoms with van der Waals surface area (Å²) in [6.07, 6.45) is 1.84. The van der Waals surface area contributed by atoms with Gasteiger partial charge in [-0.15, -0.1) is 0 Å². The minimum Gasteiger partial charge on any atom is -0.322 e. The highest BCUT2D eigenvalue weighted by atomic mass is 16.2. The molecule has 0 bridgehead atoms. The van der Waals surface area contributed by atoms with E-state index < -0.39 is 29.0 Å². The van der Waals surface area contributed by atoms with Crippen LogP contribution in [0.5, 0.6) is 0 Å². The molecule has 1 aliphatic heterocycles. The zero-order valence-electron chi connectivity index (χ0n) is 19.8. The molecule has 3 heterocycles. The number of benzene rings is 2. The van der Waals surface area contributed by atoms with Crippen molar-refractivity contribution < 1.29 is 14.4 Å². The molecule has 1 aliphatic carbocycles. The largest absolute Gasteiger partial charge is 0.329 e. The van der Waals surface area contributed by atoms with E-state index in [-0.39, 0.29) is 29.1 Å². The quantitative estimate of drug-likeness (QED) is 0.409. The van der Waals surface area contributed by atoms with E-state index in [0.29, 0.717) is 28.2 Å². The van der Waals surface area contributed by atoms with Crippen molar-refractivity contribution in [2.45, 2.75) is 32.2 Å². The Morgan fingerprint density at radius 2 is 1.70 bits per heavy atom. The molecule has 0 saturated heterocycles. The number of hydrogen-bond acceptors (Lipinski definition) is 6. The average Bonchev–Trinajstić information content (AvgIpc) is 3.70. The molecule has 0 unspecified atom stereocenters. The third-order valence-corrected chi connectivity index (χ3v) is 6.68. The van der Waals surface area contributed by atoms with Crippen LogP contribution in [0.4, 0.5) is 11.4 Å². The van der Waals surface area contributed by atoms with Crippen molar-refractivity contribution in [2.75, 3.05) is 10.2 Å². The first kappa shape index (κ1) is 22.6. The van der Waals surface area contributed by atoms with Gasteiger partial charge < -0.3 is 5.32 Å². The van der Waals surface area contributed by atoms with E-state index in [4.69, 9.17) is 0 Å². The number of aromatic nitrogens is 3. The van der Waals surface area contributed by atoms with E-state index in [2.05, 4.69) is 15.3 Å². The molecule has 2 N–H and O–H groups in total. The minimum absolute atomic E-state index is 0.0276. The highest BCUT2D eigenvalue weighted by molar-refractivity contribution is 6.34. The molecule has 2 aromatic heterocycles. The molecule has 6 rings (SSSR count). The Hall–Kier alpha value is -4.86. The van der Waals surface area contributed by atoms with Crippen molar-refractivity contribution in [3.05, 3.63) is 97.8 Å². The van der Waals surface area contributed by atoms with Crippen molar-refractivity contribution in [1.29, 1.82) is 0 Å². The van der Waals surface area contributed by atoms with Crippen molar-refractivity contribution in [3.8, 4) is 0 Å². The number of anilines is 2. The van der Waals surface area contributed by atoms with Gasteiger partial charge in [-0.3, -0.25) is 28.7 Å². The van der Waals surface area contributed by atoms with E-state index in [9.17, 15) is 24.0 Å². The van der Waals surface area contributed by atoms with Gasteiger partial charge in [0.15, 0.2) is 5.65 Å². The molecule has 2 aromatic carbocycles. The molecule has 1 fully saturated rings. The van der Waals surface area contributed by atoms with Gasteiger partial charge in [0.2, 0.25) is 0 Å². The zero-order chi connectivity index (χ0) is 25.8. The van der Waals surface area contributed by atoms with Gasteiger partial charge >= 0.3 is 5.69 Å². The lowest BCUT2D eigenvalue weighted by Gasteiger charge is -2.16. The van der Waals surface area contributed by atoms with Gasteiger partial charge in [0.1, 0.15) is 0 Å². The van der Waals surface area contributed by atoms with Crippen LogP contribution in [0.2, 0.25) is 0 Å². The molecular formula is C27H21N5O5. The Bertz CT molecular complexity index is 1730. The Balaban J connectivity index is 1.39. The van der Waals surface area contributed by atoms with Crippen molar-refractivity contribution >= 4 is 40.1 Å². The first-order valence-electron chi connectivity index (χ1n) is 11.9. The molecule has 10 heteroatoms. The Labute approximate surface area is 209 Å². The number of pyridine rings is 1. The summed E-state index contributed by atoms with van der Waals surface area (Å²) in [5, 5.41) is 2.80. The van der Waals surface area contributed by atoms with Crippen molar-refractivity contribution in [1.82, 2.24) is 14.5 Å². The van der Waals surface area contributed by atoms with Gasteiger partial charge in [0.25, 0.3) is 23.3 Å². The van der Waals surface area contributed by atoms with Crippen LogP contribution >= 0.6 is 0 Å². The molecule has 0 spiro atoms. The number of fused-ring (bicyclic) bond motifs is 2. The molecule has 10 nitrogen and oxygen atoms in total. The number of carbonyl (C=O) groups is 3. The number of rotatable bonds is 5. The van der Waals surface area contributed by atoms with E-state index in [0.717, 1.165) is 17.7 Å². The zero-order valence-corrected chi connectivity index (χ0v) is 19.8. The van der Waals surface area contributed by atoms with Crippen LogP contribution in [0.15, 0.2) is 64.2 Å². The van der Waals surface area contributed by atoms with Crippen LogP contribution in [0.1, 0.15) is 62.5 Å². The maximum atomic E-state index is 13.5. The molecular weight excluding hydrogens is 474 g/mol. The maximum Gasteiger partial charge on any atom is 0.329 e. The first-order valence-corrected chi connectivity index (χ1v) is 11.9. The number of hydrogen-bond donors (Lipinski definition) is 2. The second-order valence-electron chi connectivity index (χ2n) is 9.07. The lowest BCUT2D eigenvalue weighted by molar-refractivity contribution is 0.0925. The predicted octanol–water partition coefficient (Wildman–Crippen LogP) is 3.04. The first-order chi connectivity index (χ1) is 17.9. The van der Waals surface area contributed by atoms with Gasteiger partial charge in [0, 0.05) is 23.8 Å². The van der Waals surface area contributed by atoms with E-state index in [1.807, 2.05) is 0 Å². The lowest BCUT2D eigenvalue weighted by Crippen LogP contribution is -2.32. The second kappa shape index (κ2) is 8.37. The summed E-state index contributed by atoms with van der Waals surface area (Å²) in [5.74, 6) is -1.28. The summed E-state index contributed by atoms with van der Waals surface area (Å²) >= 11 is 0. The van der Waals surface area contributed by atoms with Crippen LogP contribution in [-0.4, -0.2) is 32.3 Å². The molecule has 4 aromatic rings. The van der Waals surface area contributed by atoms with Crippen molar-refractivity contribution in [3.63, 3.8) is 0 Å². The summed E-state index contributed by atoms with van der Waals surface area (Å²) in [6, 6.07) is 14.6. The minimum atomic E-state index is -0.690. The summed E-state index contributed by atoms with van der Waals surface area (Å²) < 4.78 is 1.34. The van der Waals surface area contributed by atoms with Crippen LogP contribution in [0.3, 0.4) is 0 Å². The number of nitrogens with zero attached hydrogens (tertiary/aromatic N) is 3. The predicted molar refractivity (Wildman–Crippen MR) is 136 cm³/mol. The fraction of sp³-hybridized carbons (Fsp3) is 0.185. The number of imide groups is 1. The molecule has 0 radical (unpaired) electrons. The van der Waals surface area contributed by atoms with E-state index in [1.165, 1.54) is 10.6 Å². The van der Waals surface area contributed by atoms with Crippen molar-refractivity contribution in [2.24, 2.45) is 0 Å². The number of aryl methyl sites for hydroxylation is 1. The monoisotopic (exact) mass is 495 g/mol. The topological polar surface area (TPSA) is 134 Å². The fourth-order valence-corrected chi connectivity index (χ4v) is 4.70. The number of nitrogens with one attached hydrogen (secondary N) is 2. The van der Waals surface area contributed by atoms with E-state index in [1.54, 1.807) is 55.5 Å². The third-order valence-electron chi connectivity index (χ3n) is 6.68. The summed E-state index contributed by atoms with van der Waals surface area (Å²) in [6.45, 7) is 2.03. The molecule has 0 atom stereocenters. The van der Waals surface area contributed by atoms with Crippen LogP contribution < -0.4 is 21.5 Å². The molecule has 37 heavy (non-hydrogen) atoms. The number of amides is 3. The van der Waals surface area contributed by atoms with Gasteiger partial charge in [-0.05, 0) is 56.2 Å². The summed E-state index contributed by atoms with van der Waals surface area (Å²) in [7, 11) is 0. The van der Waals surface area contributed by atoms with Crippen LogP contribution in [0.25, 0.3) is 11.0 Å². The normalized spacial score (nSPS) is 14.8. The Morgan fingerprint density at radius 3 is 2.35 bits per heavy atom.